The summed E-state index contributed by atoms with van der Waals surface area (Å²) in [6, 6.07) is 0. The van der Waals surface area contributed by atoms with Gasteiger partial charge in [-0.1, -0.05) is 50.5 Å². The summed E-state index contributed by atoms with van der Waals surface area (Å²) in [5.74, 6) is 0.609. The van der Waals surface area contributed by atoms with Crippen LogP contribution in [0.2, 0.25) is 0 Å². The number of alkyl halides is 1. The largest absolute Gasteiger partial charge is 0.378 e. The summed E-state index contributed by atoms with van der Waals surface area (Å²) >= 11 is 3.61. The van der Waals surface area contributed by atoms with Crippen molar-refractivity contribution in [1.29, 1.82) is 0 Å². The van der Waals surface area contributed by atoms with Crippen LogP contribution in [-0.2, 0) is 4.74 Å². The van der Waals surface area contributed by atoms with Gasteiger partial charge in [-0.25, -0.2) is 0 Å². The minimum Gasteiger partial charge on any atom is -0.378 e. The number of ether oxygens (including phenoxy) is 1. The molecule has 1 fully saturated rings. The molecule has 0 aromatic heterocycles. The summed E-state index contributed by atoms with van der Waals surface area (Å²) in [5.41, 5.74) is 0.871. The van der Waals surface area contributed by atoms with Gasteiger partial charge in [0.2, 0.25) is 0 Å². The van der Waals surface area contributed by atoms with E-state index in [1.165, 1.54) is 25.7 Å². The second-order valence-electron chi connectivity index (χ2n) is 7.41. The molecular formula is C15H29BrO. The highest BCUT2D eigenvalue weighted by Crippen LogP contribution is 2.37. The lowest BCUT2D eigenvalue weighted by Crippen LogP contribution is -2.32. The maximum absolute atomic E-state index is 6.13. The summed E-state index contributed by atoms with van der Waals surface area (Å²) in [6.07, 6.45) is 5.61. The fraction of sp³-hybridized carbons (Fsp3) is 1.00. The average Bonchev–Trinajstić information content (AvgIpc) is 2.19. The van der Waals surface area contributed by atoms with E-state index < -0.39 is 0 Å². The smallest absolute Gasteiger partial charge is 0.0575 e. The Morgan fingerprint density at radius 3 is 2.18 bits per heavy atom. The topological polar surface area (TPSA) is 9.23 Å². The first-order valence-electron chi connectivity index (χ1n) is 6.92. The van der Waals surface area contributed by atoms with Crippen molar-refractivity contribution >= 4 is 15.9 Å². The second-order valence-corrected chi connectivity index (χ2v) is 8.06. The van der Waals surface area contributed by atoms with Crippen LogP contribution in [0.15, 0.2) is 0 Å². The molecule has 1 nitrogen and oxygen atoms in total. The van der Waals surface area contributed by atoms with Gasteiger partial charge in [-0.15, -0.1) is 0 Å². The Bertz CT molecular complexity index is 220. The van der Waals surface area contributed by atoms with Crippen molar-refractivity contribution in [2.45, 2.75) is 66.4 Å². The van der Waals surface area contributed by atoms with Crippen molar-refractivity contribution in [3.05, 3.63) is 0 Å². The lowest BCUT2D eigenvalue weighted by atomic mass is 9.76. The molecule has 0 N–H and O–H groups in total. The van der Waals surface area contributed by atoms with E-state index >= 15 is 0 Å². The summed E-state index contributed by atoms with van der Waals surface area (Å²) in [4.78, 5) is 0. The van der Waals surface area contributed by atoms with Crippen molar-refractivity contribution in [1.82, 2.24) is 0 Å². The molecule has 1 atom stereocenters. The molecule has 0 aromatic carbocycles. The molecule has 0 aliphatic heterocycles. The Labute approximate surface area is 116 Å². The fourth-order valence-electron chi connectivity index (χ4n) is 2.32. The molecule has 1 aliphatic carbocycles. The van der Waals surface area contributed by atoms with Gasteiger partial charge in [-0.2, -0.15) is 0 Å². The predicted molar refractivity (Wildman–Crippen MR) is 78.7 cm³/mol. The van der Waals surface area contributed by atoms with Gasteiger partial charge in [0.05, 0.1) is 12.7 Å². The van der Waals surface area contributed by atoms with E-state index in [0.717, 1.165) is 11.9 Å². The molecule has 0 spiro atoms. The molecule has 17 heavy (non-hydrogen) atoms. The summed E-state index contributed by atoms with van der Waals surface area (Å²) in [6.45, 7) is 12.5. The molecule has 0 radical (unpaired) electrons. The maximum atomic E-state index is 6.13. The Morgan fingerprint density at radius 2 is 1.76 bits per heavy atom. The van der Waals surface area contributed by atoms with Crippen molar-refractivity contribution in [3.8, 4) is 0 Å². The van der Waals surface area contributed by atoms with Gasteiger partial charge in [0.1, 0.15) is 0 Å². The molecule has 0 amide bonds. The zero-order valence-corrected chi connectivity index (χ0v) is 13.8. The molecule has 1 saturated carbocycles. The van der Waals surface area contributed by atoms with Gasteiger partial charge in [0.25, 0.3) is 0 Å². The summed E-state index contributed by atoms with van der Waals surface area (Å²) in [5, 5.41) is 1.04. The Kier molecular flexibility index (Phi) is 5.52. The van der Waals surface area contributed by atoms with Gasteiger partial charge >= 0.3 is 0 Å². The monoisotopic (exact) mass is 304 g/mol. The lowest BCUT2D eigenvalue weighted by molar-refractivity contribution is -0.0248. The Morgan fingerprint density at radius 1 is 1.24 bits per heavy atom. The standard InChI is InChI=1S/C15H29BrO/c1-14(2,3)12(10-16)11-17-13-6-8-15(4,5)9-7-13/h12-13H,6-11H2,1-5H3. The zero-order chi connectivity index (χ0) is 13.1. The molecule has 0 aromatic rings. The highest BCUT2D eigenvalue weighted by atomic mass is 79.9. The summed E-state index contributed by atoms with van der Waals surface area (Å²) in [7, 11) is 0. The molecule has 102 valence electrons. The van der Waals surface area contributed by atoms with Crippen LogP contribution in [0, 0.1) is 16.7 Å². The number of hydrogen-bond donors (Lipinski definition) is 0. The van der Waals surface area contributed by atoms with Crippen LogP contribution in [-0.4, -0.2) is 18.0 Å². The number of halogens is 1. The van der Waals surface area contributed by atoms with E-state index in [2.05, 4.69) is 50.5 Å². The highest BCUT2D eigenvalue weighted by Gasteiger charge is 2.29. The third kappa shape index (κ3) is 5.30. The van der Waals surface area contributed by atoms with E-state index in [0.29, 0.717) is 22.9 Å². The SMILES string of the molecule is CC1(C)CCC(OCC(CBr)C(C)(C)C)CC1. The van der Waals surface area contributed by atoms with Crippen molar-refractivity contribution in [2.24, 2.45) is 16.7 Å². The third-order valence-electron chi connectivity index (χ3n) is 4.23. The molecule has 0 heterocycles. The first-order chi connectivity index (χ1) is 7.74. The van der Waals surface area contributed by atoms with Crippen molar-refractivity contribution in [3.63, 3.8) is 0 Å². The average molecular weight is 305 g/mol. The second kappa shape index (κ2) is 6.06. The maximum Gasteiger partial charge on any atom is 0.0575 e. The first-order valence-corrected chi connectivity index (χ1v) is 8.04. The molecule has 1 rings (SSSR count). The van der Waals surface area contributed by atoms with Crippen molar-refractivity contribution < 1.29 is 4.74 Å². The molecule has 2 heteroatoms. The molecular weight excluding hydrogens is 276 g/mol. The normalized spacial score (nSPS) is 23.6. The van der Waals surface area contributed by atoms with Crippen molar-refractivity contribution in [2.75, 3.05) is 11.9 Å². The molecule has 0 saturated heterocycles. The predicted octanol–water partition coefficient (Wildman–Crippen LogP) is 5.03. The van der Waals surface area contributed by atoms with E-state index in [-0.39, 0.29) is 0 Å². The fourth-order valence-corrected chi connectivity index (χ4v) is 3.48. The van der Waals surface area contributed by atoms with Crippen LogP contribution in [0.25, 0.3) is 0 Å². The molecule has 1 unspecified atom stereocenters. The van der Waals surface area contributed by atoms with Crippen LogP contribution in [0.5, 0.6) is 0 Å². The minimum absolute atomic E-state index is 0.331. The highest BCUT2D eigenvalue weighted by molar-refractivity contribution is 9.09. The zero-order valence-electron chi connectivity index (χ0n) is 12.2. The summed E-state index contributed by atoms with van der Waals surface area (Å²) < 4.78 is 6.13. The van der Waals surface area contributed by atoms with E-state index in [9.17, 15) is 0 Å². The first kappa shape index (κ1) is 15.5. The number of rotatable bonds is 4. The van der Waals surface area contributed by atoms with E-state index in [4.69, 9.17) is 4.74 Å². The lowest BCUT2D eigenvalue weighted by Gasteiger charge is -2.36. The van der Waals surface area contributed by atoms with Crippen LogP contribution in [0.4, 0.5) is 0 Å². The third-order valence-corrected chi connectivity index (χ3v) is 5.01. The van der Waals surface area contributed by atoms with Crippen LogP contribution >= 0.6 is 15.9 Å². The Hall–Kier alpha value is 0.440. The van der Waals surface area contributed by atoms with Gasteiger partial charge in [0.15, 0.2) is 0 Å². The van der Waals surface area contributed by atoms with E-state index in [1.54, 1.807) is 0 Å². The van der Waals surface area contributed by atoms with Crippen LogP contribution in [0.1, 0.15) is 60.3 Å². The number of hydrogen-bond acceptors (Lipinski definition) is 1. The molecule has 0 bridgehead atoms. The van der Waals surface area contributed by atoms with Crippen LogP contribution < -0.4 is 0 Å². The van der Waals surface area contributed by atoms with Gasteiger partial charge in [-0.3, -0.25) is 0 Å². The van der Waals surface area contributed by atoms with Gasteiger partial charge in [0, 0.05) is 5.33 Å². The van der Waals surface area contributed by atoms with Gasteiger partial charge < -0.3 is 4.74 Å². The Balaban J connectivity index is 2.32. The molecule has 1 aliphatic rings. The van der Waals surface area contributed by atoms with Gasteiger partial charge in [-0.05, 0) is 42.4 Å². The minimum atomic E-state index is 0.331. The van der Waals surface area contributed by atoms with E-state index in [1.807, 2.05) is 0 Å². The quantitative estimate of drug-likeness (QED) is 0.662. The van der Waals surface area contributed by atoms with Crippen LogP contribution in [0.3, 0.4) is 0 Å².